The summed E-state index contributed by atoms with van der Waals surface area (Å²) >= 11 is 0. The monoisotopic (exact) mass is 200 g/mol. The lowest BCUT2D eigenvalue weighted by atomic mass is 9.89. The summed E-state index contributed by atoms with van der Waals surface area (Å²) in [7, 11) is 0. The first kappa shape index (κ1) is 8.83. The third-order valence-electron chi connectivity index (χ3n) is 2.96. The molecule has 3 heteroatoms. The highest BCUT2D eigenvalue weighted by atomic mass is 16.3. The van der Waals surface area contributed by atoms with Crippen molar-refractivity contribution in [2.24, 2.45) is 0 Å². The fraction of sp³-hybridized carbons (Fsp3) is 0.250. The molecule has 0 amide bonds. The number of fused-ring (bicyclic) bond motifs is 1. The van der Waals surface area contributed by atoms with E-state index in [4.69, 9.17) is 0 Å². The number of aliphatic hydroxyl groups is 1. The number of rotatable bonds is 1. The van der Waals surface area contributed by atoms with E-state index in [0.29, 0.717) is 13.1 Å². The van der Waals surface area contributed by atoms with Gasteiger partial charge in [-0.25, -0.2) is 0 Å². The maximum absolute atomic E-state index is 10.1. The van der Waals surface area contributed by atoms with E-state index in [1.54, 1.807) is 6.20 Å². The number of β-amino-alcohol motifs (C(OH)–C–C–N with tert-alkyl or cyclic N) is 1. The summed E-state index contributed by atoms with van der Waals surface area (Å²) in [5, 5.41) is 14.3. The summed E-state index contributed by atoms with van der Waals surface area (Å²) in [6, 6.07) is 9.96. The lowest BCUT2D eigenvalue weighted by Crippen LogP contribution is -2.56. The number of hydrogen-bond donors (Lipinski definition) is 2. The number of benzene rings is 1. The predicted molar refractivity (Wildman–Crippen MR) is 58.5 cm³/mol. The van der Waals surface area contributed by atoms with Crippen LogP contribution >= 0.6 is 0 Å². The summed E-state index contributed by atoms with van der Waals surface area (Å²) in [5.74, 6) is 0. The van der Waals surface area contributed by atoms with Gasteiger partial charge in [-0.1, -0.05) is 18.2 Å². The lowest BCUT2D eigenvalue weighted by Gasteiger charge is -2.37. The quantitative estimate of drug-likeness (QED) is 0.722. The number of nitrogens with zero attached hydrogens (tertiary/aromatic N) is 1. The molecule has 15 heavy (non-hydrogen) atoms. The molecule has 76 valence electrons. The van der Waals surface area contributed by atoms with Gasteiger partial charge in [0.25, 0.3) is 0 Å². The maximum atomic E-state index is 10.1. The van der Waals surface area contributed by atoms with Gasteiger partial charge in [0, 0.05) is 30.2 Å². The Bertz CT molecular complexity index is 506. The van der Waals surface area contributed by atoms with E-state index in [1.807, 2.05) is 30.3 Å². The summed E-state index contributed by atoms with van der Waals surface area (Å²) in [5.41, 5.74) is 1.16. The van der Waals surface area contributed by atoms with E-state index in [-0.39, 0.29) is 0 Å². The first-order valence-corrected chi connectivity index (χ1v) is 5.06. The second kappa shape index (κ2) is 3.02. The first-order chi connectivity index (χ1) is 7.28. The van der Waals surface area contributed by atoms with E-state index in [1.165, 1.54) is 0 Å². The molecule has 3 rings (SSSR count). The minimum atomic E-state index is -0.711. The van der Waals surface area contributed by atoms with E-state index < -0.39 is 5.60 Å². The molecular weight excluding hydrogens is 188 g/mol. The summed E-state index contributed by atoms with van der Waals surface area (Å²) in [6.07, 6.45) is 1.77. The fourth-order valence-electron chi connectivity index (χ4n) is 1.89. The Labute approximate surface area is 87.8 Å². The molecular formula is C12H12N2O. The average molecular weight is 200 g/mol. The van der Waals surface area contributed by atoms with Gasteiger partial charge < -0.3 is 10.4 Å². The average Bonchev–Trinajstić information content (AvgIpc) is 2.25. The number of nitrogens with one attached hydrogen (secondary N) is 1. The number of pyridine rings is 1. The van der Waals surface area contributed by atoms with Crippen molar-refractivity contribution < 1.29 is 5.11 Å². The van der Waals surface area contributed by atoms with Crippen molar-refractivity contribution in [2.45, 2.75) is 5.60 Å². The van der Waals surface area contributed by atoms with Crippen LogP contribution in [-0.4, -0.2) is 23.2 Å². The van der Waals surface area contributed by atoms with Crippen molar-refractivity contribution in [1.82, 2.24) is 10.3 Å². The minimum Gasteiger partial charge on any atom is -0.382 e. The Morgan fingerprint density at radius 1 is 1.27 bits per heavy atom. The van der Waals surface area contributed by atoms with Crippen LogP contribution in [0, 0.1) is 0 Å². The Morgan fingerprint density at radius 2 is 2.07 bits per heavy atom. The van der Waals surface area contributed by atoms with Gasteiger partial charge in [-0.2, -0.15) is 0 Å². The molecule has 2 N–H and O–H groups in total. The van der Waals surface area contributed by atoms with Crippen LogP contribution in [0.2, 0.25) is 0 Å². The molecule has 1 aromatic heterocycles. The summed E-state index contributed by atoms with van der Waals surface area (Å²) in [4.78, 5) is 4.34. The smallest absolute Gasteiger partial charge is 0.116 e. The molecule has 0 spiro atoms. The second-order valence-electron chi connectivity index (χ2n) is 4.05. The molecule has 2 aromatic rings. The number of aromatic nitrogens is 1. The molecule has 3 nitrogen and oxygen atoms in total. The third kappa shape index (κ3) is 1.32. The highest BCUT2D eigenvalue weighted by molar-refractivity contribution is 5.79. The standard InChI is InChI=1S/C12H12N2O/c15-12(7-13-8-12)10-5-9-3-1-2-4-11(9)14-6-10/h1-6,13,15H,7-8H2. The molecule has 0 radical (unpaired) electrons. The zero-order valence-electron chi connectivity index (χ0n) is 8.27. The SMILES string of the molecule is OC1(c2cnc3ccccc3c2)CNC1. The molecule has 1 aliphatic heterocycles. The molecule has 1 aliphatic rings. The highest BCUT2D eigenvalue weighted by Crippen LogP contribution is 2.26. The van der Waals surface area contributed by atoms with Crippen LogP contribution in [-0.2, 0) is 5.60 Å². The van der Waals surface area contributed by atoms with Crippen molar-refractivity contribution in [3.8, 4) is 0 Å². The second-order valence-corrected chi connectivity index (χ2v) is 4.05. The minimum absolute atomic E-state index is 0.618. The molecule has 0 unspecified atom stereocenters. The van der Waals surface area contributed by atoms with Crippen molar-refractivity contribution in [1.29, 1.82) is 0 Å². The third-order valence-corrected chi connectivity index (χ3v) is 2.96. The van der Waals surface area contributed by atoms with Crippen LogP contribution in [0.25, 0.3) is 10.9 Å². The predicted octanol–water partition coefficient (Wildman–Crippen LogP) is 1.03. The van der Waals surface area contributed by atoms with E-state index in [9.17, 15) is 5.11 Å². The first-order valence-electron chi connectivity index (χ1n) is 5.06. The van der Waals surface area contributed by atoms with E-state index in [0.717, 1.165) is 16.5 Å². The Morgan fingerprint density at radius 3 is 2.80 bits per heavy atom. The normalized spacial score (nSPS) is 18.7. The Balaban J connectivity index is 2.14. The largest absolute Gasteiger partial charge is 0.382 e. The fourth-order valence-corrected chi connectivity index (χ4v) is 1.89. The Hall–Kier alpha value is -1.45. The van der Waals surface area contributed by atoms with Gasteiger partial charge in [-0.15, -0.1) is 0 Å². The van der Waals surface area contributed by atoms with Crippen molar-refractivity contribution >= 4 is 10.9 Å². The van der Waals surface area contributed by atoms with Gasteiger partial charge in [0.15, 0.2) is 0 Å². The molecule has 0 bridgehead atoms. The zero-order valence-corrected chi connectivity index (χ0v) is 8.27. The van der Waals surface area contributed by atoms with E-state index >= 15 is 0 Å². The van der Waals surface area contributed by atoms with Crippen LogP contribution in [0.3, 0.4) is 0 Å². The topological polar surface area (TPSA) is 45.2 Å². The highest BCUT2D eigenvalue weighted by Gasteiger charge is 2.36. The van der Waals surface area contributed by atoms with Gasteiger partial charge in [0.05, 0.1) is 5.52 Å². The van der Waals surface area contributed by atoms with Crippen molar-refractivity contribution in [2.75, 3.05) is 13.1 Å². The zero-order chi connectivity index (χ0) is 10.3. The van der Waals surface area contributed by atoms with Crippen LogP contribution < -0.4 is 5.32 Å². The van der Waals surface area contributed by atoms with Gasteiger partial charge in [-0.05, 0) is 12.1 Å². The van der Waals surface area contributed by atoms with Gasteiger partial charge in [0.2, 0.25) is 0 Å². The maximum Gasteiger partial charge on any atom is 0.116 e. The van der Waals surface area contributed by atoms with E-state index in [2.05, 4.69) is 10.3 Å². The van der Waals surface area contributed by atoms with Crippen LogP contribution in [0.1, 0.15) is 5.56 Å². The molecule has 0 saturated carbocycles. The molecule has 0 aliphatic carbocycles. The number of hydrogen-bond acceptors (Lipinski definition) is 3. The molecule has 0 atom stereocenters. The lowest BCUT2D eigenvalue weighted by molar-refractivity contribution is -0.0148. The number of para-hydroxylation sites is 1. The van der Waals surface area contributed by atoms with Gasteiger partial charge in [0.1, 0.15) is 5.60 Å². The molecule has 1 fully saturated rings. The van der Waals surface area contributed by atoms with Crippen molar-refractivity contribution in [3.05, 3.63) is 42.1 Å². The molecule has 1 aromatic carbocycles. The summed E-state index contributed by atoms with van der Waals surface area (Å²) < 4.78 is 0. The molecule has 2 heterocycles. The van der Waals surface area contributed by atoms with Crippen LogP contribution in [0.15, 0.2) is 36.5 Å². The van der Waals surface area contributed by atoms with Crippen LogP contribution in [0.4, 0.5) is 0 Å². The summed E-state index contributed by atoms with van der Waals surface area (Å²) in [6.45, 7) is 1.24. The van der Waals surface area contributed by atoms with Crippen molar-refractivity contribution in [3.63, 3.8) is 0 Å². The Kier molecular flexibility index (Phi) is 1.78. The van der Waals surface area contributed by atoms with Crippen LogP contribution in [0.5, 0.6) is 0 Å². The molecule has 1 saturated heterocycles. The van der Waals surface area contributed by atoms with Gasteiger partial charge >= 0.3 is 0 Å². The van der Waals surface area contributed by atoms with Gasteiger partial charge in [-0.3, -0.25) is 4.98 Å².